The van der Waals surface area contributed by atoms with Gasteiger partial charge >= 0.3 is 0 Å². The fraction of sp³-hybridized carbons (Fsp3) is 0.529. The Balaban J connectivity index is 1.80. The number of anilines is 1. The molecule has 21 heavy (non-hydrogen) atoms. The number of carbonyl (C=O) groups excluding carboxylic acids is 2. The van der Waals surface area contributed by atoms with Gasteiger partial charge in [-0.3, -0.25) is 14.5 Å². The van der Waals surface area contributed by atoms with Crippen LogP contribution in [-0.4, -0.2) is 35.8 Å². The molecule has 2 saturated heterocycles. The van der Waals surface area contributed by atoms with Gasteiger partial charge in [-0.25, -0.2) is 4.90 Å². The van der Waals surface area contributed by atoms with Gasteiger partial charge in [-0.05, 0) is 30.4 Å². The summed E-state index contributed by atoms with van der Waals surface area (Å²) in [5.41, 5.74) is 0.688. The van der Waals surface area contributed by atoms with E-state index in [1.807, 2.05) is 30.3 Å². The molecule has 0 aromatic heterocycles. The zero-order valence-electron chi connectivity index (χ0n) is 12.7. The molecule has 0 N–H and O–H groups in total. The third-order valence-corrected chi connectivity index (χ3v) is 4.48. The Bertz CT molecular complexity index is 533. The van der Waals surface area contributed by atoms with Gasteiger partial charge in [0.05, 0.1) is 18.2 Å². The Morgan fingerprint density at radius 3 is 2.24 bits per heavy atom. The lowest BCUT2D eigenvalue weighted by Crippen LogP contribution is -2.48. The van der Waals surface area contributed by atoms with Gasteiger partial charge in [0, 0.05) is 13.1 Å². The fourth-order valence-electron chi connectivity index (χ4n) is 3.72. The molecule has 0 saturated carbocycles. The summed E-state index contributed by atoms with van der Waals surface area (Å²) < 4.78 is 0. The van der Waals surface area contributed by atoms with Crippen LogP contribution in [0.15, 0.2) is 30.3 Å². The molecule has 1 aromatic carbocycles. The minimum Gasteiger partial charge on any atom is -0.291 e. The van der Waals surface area contributed by atoms with Gasteiger partial charge in [0.25, 0.3) is 5.91 Å². The number of para-hydroxylation sites is 1. The lowest BCUT2D eigenvalue weighted by molar-refractivity contribution is -0.123. The molecule has 0 unspecified atom stereocenters. The number of carbonyl (C=O) groups is 2. The maximum atomic E-state index is 12.7. The number of nitrogens with zero attached hydrogens (tertiary/aromatic N) is 2. The molecule has 4 heteroatoms. The lowest BCUT2D eigenvalue weighted by atomic mass is 9.90. The molecular formula is C17H22N2O2. The minimum atomic E-state index is -0.275. The Morgan fingerprint density at radius 2 is 1.62 bits per heavy atom. The first-order valence-corrected chi connectivity index (χ1v) is 7.72. The number of hydrogen-bond donors (Lipinski definition) is 0. The van der Waals surface area contributed by atoms with Crippen LogP contribution in [0, 0.1) is 11.8 Å². The largest absolute Gasteiger partial charge is 0.291 e. The van der Waals surface area contributed by atoms with Crippen LogP contribution >= 0.6 is 0 Å². The van der Waals surface area contributed by atoms with Crippen LogP contribution in [0.3, 0.4) is 0 Å². The number of likely N-dealkylation sites (tertiary alicyclic amines) is 1. The quantitative estimate of drug-likeness (QED) is 0.783. The van der Waals surface area contributed by atoms with Gasteiger partial charge in [-0.2, -0.15) is 0 Å². The summed E-state index contributed by atoms with van der Waals surface area (Å²) in [6.07, 6.45) is 1.51. The van der Waals surface area contributed by atoms with Crippen LogP contribution < -0.4 is 4.90 Å². The first kappa shape index (κ1) is 14.3. The molecule has 0 bridgehead atoms. The maximum absolute atomic E-state index is 12.7. The van der Waals surface area contributed by atoms with Crippen LogP contribution in [0.5, 0.6) is 0 Å². The monoisotopic (exact) mass is 286 g/mol. The highest BCUT2D eigenvalue weighted by atomic mass is 16.2. The SMILES string of the molecule is C[C@@H]1C[C@H](C)CN([C@H]2CC(=O)N(c3ccccc3)C2=O)C1. The Hall–Kier alpha value is -1.68. The molecule has 2 heterocycles. The van der Waals surface area contributed by atoms with E-state index in [1.54, 1.807) is 0 Å². The second-order valence-corrected chi connectivity index (χ2v) is 6.52. The molecule has 0 aliphatic carbocycles. The average molecular weight is 286 g/mol. The molecule has 4 nitrogen and oxygen atoms in total. The summed E-state index contributed by atoms with van der Waals surface area (Å²) in [4.78, 5) is 28.5. The van der Waals surface area contributed by atoms with Gasteiger partial charge in [-0.15, -0.1) is 0 Å². The van der Waals surface area contributed by atoms with Crippen LogP contribution in [0.25, 0.3) is 0 Å². The molecule has 2 aliphatic heterocycles. The van der Waals surface area contributed by atoms with Crippen molar-refractivity contribution < 1.29 is 9.59 Å². The molecule has 2 amide bonds. The third kappa shape index (κ3) is 2.72. The van der Waals surface area contributed by atoms with Gasteiger partial charge in [0.2, 0.25) is 5.91 Å². The molecule has 112 valence electrons. The van der Waals surface area contributed by atoms with E-state index in [0.29, 0.717) is 23.9 Å². The molecule has 0 radical (unpaired) electrons. The number of hydrogen-bond acceptors (Lipinski definition) is 3. The molecule has 2 fully saturated rings. The van der Waals surface area contributed by atoms with E-state index in [2.05, 4.69) is 18.7 Å². The van der Waals surface area contributed by atoms with E-state index >= 15 is 0 Å². The van der Waals surface area contributed by atoms with Crippen LogP contribution in [-0.2, 0) is 9.59 Å². The second-order valence-electron chi connectivity index (χ2n) is 6.52. The van der Waals surface area contributed by atoms with Crippen molar-refractivity contribution in [1.82, 2.24) is 4.90 Å². The topological polar surface area (TPSA) is 40.6 Å². The summed E-state index contributed by atoms with van der Waals surface area (Å²) in [6, 6.07) is 8.96. The number of piperidine rings is 1. The summed E-state index contributed by atoms with van der Waals surface area (Å²) >= 11 is 0. The predicted octanol–water partition coefficient (Wildman–Crippen LogP) is 2.30. The zero-order valence-corrected chi connectivity index (χ0v) is 12.7. The van der Waals surface area contributed by atoms with Crippen molar-refractivity contribution in [3.05, 3.63) is 30.3 Å². The summed E-state index contributed by atoms with van der Waals surface area (Å²) in [5.74, 6) is 1.03. The van der Waals surface area contributed by atoms with Crippen molar-refractivity contribution in [3.8, 4) is 0 Å². The molecule has 0 spiro atoms. The summed E-state index contributed by atoms with van der Waals surface area (Å²) in [6.45, 7) is 6.27. The van der Waals surface area contributed by atoms with Gasteiger partial charge in [0.1, 0.15) is 0 Å². The number of amides is 2. The van der Waals surface area contributed by atoms with E-state index in [4.69, 9.17) is 0 Å². The highest BCUT2D eigenvalue weighted by Crippen LogP contribution is 2.29. The van der Waals surface area contributed by atoms with E-state index in [-0.39, 0.29) is 17.9 Å². The van der Waals surface area contributed by atoms with Gasteiger partial charge in [0.15, 0.2) is 0 Å². The van der Waals surface area contributed by atoms with Crippen LogP contribution in [0.1, 0.15) is 26.7 Å². The molecular weight excluding hydrogens is 264 g/mol. The fourth-order valence-corrected chi connectivity index (χ4v) is 3.72. The first-order chi connectivity index (χ1) is 10.1. The highest BCUT2D eigenvalue weighted by molar-refractivity contribution is 6.22. The van der Waals surface area contributed by atoms with E-state index in [1.165, 1.54) is 11.3 Å². The molecule has 1 aromatic rings. The maximum Gasteiger partial charge on any atom is 0.251 e. The normalized spacial score (nSPS) is 31.0. The summed E-state index contributed by atoms with van der Waals surface area (Å²) in [7, 11) is 0. The minimum absolute atomic E-state index is 0.0625. The van der Waals surface area contributed by atoms with Crippen molar-refractivity contribution >= 4 is 17.5 Å². The average Bonchev–Trinajstić information content (AvgIpc) is 2.74. The van der Waals surface area contributed by atoms with Crippen molar-refractivity contribution in [1.29, 1.82) is 0 Å². The highest BCUT2D eigenvalue weighted by Gasteiger charge is 2.43. The van der Waals surface area contributed by atoms with Crippen molar-refractivity contribution in [2.45, 2.75) is 32.7 Å². The van der Waals surface area contributed by atoms with E-state index < -0.39 is 0 Å². The predicted molar refractivity (Wildman–Crippen MR) is 81.9 cm³/mol. The number of benzene rings is 1. The summed E-state index contributed by atoms with van der Waals surface area (Å²) in [5, 5.41) is 0. The first-order valence-electron chi connectivity index (χ1n) is 7.72. The Kier molecular flexibility index (Phi) is 3.81. The Morgan fingerprint density at radius 1 is 1.00 bits per heavy atom. The van der Waals surface area contributed by atoms with E-state index in [0.717, 1.165) is 13.1 Å². The van der Waals surface area contributed by atoms with Crippen LogP contribution in [0.4, 0.5) is 5.69 Å². The van der Waals surface area contributed by atoms with Crippen molar-refractivity contribution in [2.24, 2.45) is 11.8 Å². The second kappa shape index (κ2) is 5.60. The molecule has 3 rings (SSSR count). The molecule has 2 aliphatic rings. The van der Waals surface area contributed by atoms with E-state index in [9.17, 15) is 9.59 Å². The van der Waals surface area contributed by atoms with Gasteiger partial charge in [-0.1, -0.05) is 32.0 Å². The molecule has 3 atom stereocenters. The number of rotatable bonds is 2. The Labute approximate surface area is 125 Å². The van der Waals surface area contributed by atoms with Gasteiger partial charge < -0.3 is 0 Å². The number of imide groups is 1. The lowest BCUT2D eigenvalue weighted by Gasteiger charge is -2.37. The smallest absolute Gasteiger partial charge is 0.251 e. The zero-order chi connectivity index (χ0) is 15.0. The van der Waals surface area contributed by atoms with Crippen molar-refractivity contribution in [3.63, 3.8) is 0 Å². The third-order valence-electron chi connectivity index (χ3n) is 4.48. The standard InChI is InChI=1S/C17H22N2O2/c1-12-8-13(2)11-18(10-12)15-9-16(20)19(17(15)21)14-6-4-3-5-7-14/h3-7,12-13,15H,8-11H2,1-2H3/t12-,13+,15-/m0/s1. The van der Waals surface area contributed by atoms with Crippen LogP contribution in [0.2, 0.25) is 0 Å². The van der Waals surface area contributed by atoms with Crippen molar-refractivity contribution in [2.75, 3.05) is 18.0 Å².